The van der Waals surface area contributed by atoms with Crippen molar-refractivity contribution in [3.8, 4) is 0 Å². The van der Waals surface area contributed by atoms with Gasteiger partial charge in [-0.2, -0.15) is 0 Å². The van der Waals surface area contributed by atoms with E-state index < -0.39 is 12.0 Å². The van der Waals surface area contributed by atoms with Gasteiger partial charge in [0, 0.05) is 0 Å². The Balaban J connectivity index is 3.39. The Bertz CT molecular complexity index is 235. The molecule has 1 unspecified atom stereocenters. The fraction of sp³-hybridized carbons (Fsp3) is 0.941. The first-order chi connectivity index (χ1) is 10.2. The number of carbonyl (C=O) groups is 1. The van der Waals surface area contributed by atoms with Crippen molar-refractivity contribution in [2.45, 2.75) is 90.0 Å². The zero-order chi connectivity index (χ0) is 15.8. The van der Waals surface area contributed by atoms with E-state index in [-0.39, 0.29) is 0 Å². The second-order valence-corrected chi connectivity index (χ2v) is 5.96. The Morgan fingerprint density at radius 3 is 1.95 bits per heavy atom. The summed E-state index contributed by atoms with van der Waals surface area (Å²) in [7, 11) is 0. The van der Waals surface area contributed by atoms with Crippen LogP contribution >= 0.6 is 0 Å². The van der Waals surface area contributed by atoms with Gasteiger partial charge in [-0.05, 0) is 25.9 Å². The van der Waals surface area contributed by atoms with Crippen molar-refractivity contribution < 1.29 is 9.90 Å². The highest BCUT2D eigenvalue weighted by Gasteiger charge is 2.15. The minimum atomic E-state index is -0.733. The number of unbranched alkanes of at least 4 members (excludes halogenated alkanes) is 9. The van der Waals surface area contributed by atoms with Crippen molar-refractivity contribution in [3.63, 3.8) is 0 Å². The van der Waals surface area contributed by atoms with Gasteiger partial charge in [0.1, 0.15) is 6.04 Å². The van der Waals surface area contributed by atoms with Gasteiger partial charge in [-0.25, -0.2) is 0 Å². The summed E-state index contributed by atoms with van der Waals surface area (Å²) in [6.45, 7) is 3.55. The number of carboxylic acid groups (broad SMARTS) is 1. The highest BCUT2D eigenvalue weighted by Crippen LogP contribution is 2.12. The minimum Gasteiger partial charge on any atom is -0.480 e. The Morgan fingerprint density at radius 2 is 1.48 bits per heavy atom. The lowest BCUT2D eigenvalue weighted by Gasteiger charge is -2.13. The van der Waals surface area contributed by atoms with Crippen LogP contribution in [0.4, 0.5) is 0 Å². The smallest absolute Gasteiger partial charge is 0.320 e. The summed E-state index contributed by atoms with van der Waals surface area (Å²) in [4.78, 5) is 11.1. The highest BCUT2D eigenvalue weighted by molar-refractivity contribution is 5.73. The van der Waals surface area contributed by atoms with Crippen LogP contribution in [0.25, 0.3) is 0 Å². The van der Waals surface area contributed by atoms with Crippen molar-refractivity contribution in [2.24, 2.45) is 5.73 Å². The SMILES string of the molecule is CCCCCCCCCCCCC(NCCCN)C(=O)O. The molecular weight excluding hydrogens is 264 g/mol. The van der Waals surface area contributed by atoms with Gasteiger partial charge in [0.15, 0.2) is 0 Å². The van der Waals surface area contributed by atoms with Crippen LogP contribution in [-0.4, -0.2) is 30.2 Å². The topological polar surface area (TPSA) is 75.3 Å². The number of aliphatic carboxylic acids is 1. The van der Waals surface area contributed by atoms with Gasteiger partial charge in [-0.1, -0.05) is 71.1 Å². The molecule has 0 aliphatic heterocycles. The third-order valence-electron chi connectivity index (χ3n) is 3.92. The molecule has 1 atom stereocenters. The lowest BCUT2D eigenvalue weighted by atomic mass is 10.0. The van der Waals surface area contributed by atoms with Gasteiger partial charge in [-0.15, -0.1) is 0 Å². The first-order valence-electron chi connectivity index (χ1n) is 8.88. The van der Waals surface area contributed by atoms with Crippen LogP contribution in [0.15, 0.2) is 0 Å². The maximum atomic E-state index is 11.1. The molecule has 0 aromatic rings. The summed E-state index contributed by atoms with van der Waals surface area (Å²) < 4.78 is 0. The van der Waals surface area contributed by atoms with Crippen molar-refractivity contribution >= 4 is 5.97 Å². The molecule has 0 saturated carbocycles. The molecule has 0 spiro atoms. The molecule has 0 bridgehead atoms. The average molecular weight is 300 g/mol. The minimum absolute atomic E-state index is 0.398. The van der Waals surface area contributed by atoms with E-state index in [1.165, 1.54) is 51.4 Å². The molecule has 0 rings (SSSR count). The molecule has 0 aliphatic carbocycles. The summed E-state index contributed by atoms with van der Waals surface area (Å²) in [6.07, 6.45) is 14.4. The molecule has 0 aromatic heterocycles. The van der Waals surface area contributed by atoms with Gasteiger partial charge < -0.3 is 16.2 Å². The molecule has 21 heavy (non-hydrogen) atoms. The van der Waals surface area contributed by atoms with Crippen molar-refractivity contribution in [2.75, 3.05) is 13.1 Å². The zero-order valence-corrected chi connectivity index (χ0v) is 13.9. The first kappa shape index (κ1) is 20.4. The van der Waals surface area contributed by atoms with E-state index in [1.807, 2.05) is 0 Å². The fourth-order valence-electron chi connectivity index (χ4n) is 2.53. The number of hydrogen-bond donors (Lipinski definition) is 3. The summed E-state index contributed by atoms with van der Waals surface area (Å²) in [5, 5.41) is 12.2. The van der Waals surface area contributed by atoms with Crippen LogP contribution < -0.4 is 11.1 Å². The maximum absolute atomic E-state index is 11.1. The average Bonchev–Trinajstić information content (AvgIpc) is 2.47. The summed E-state index contributed by atoms with van der Waals surface area (Å²) in [5.74, 6) is -0.733. The van der Waals surface area contributed by atoms with Crippen LogP contribution in [0.1, 0.15) is 84.0 Å². The van der Waals surface area contributed by atoms with Crippen LogP contribution in [0.5, 0.6) is 0 Å². The van der Waals surface area contributed by atoms with E-state index in [4.69, 9.17) is 10.8 Å². The van der Waals surface area contributed by atoms with Crippen molar-refractivity contribution in [3.05, 3.63) is 0 Å². The third-order valence-corrected chi connectivity index (χ3v) is 3.92. The second-order valence-electron chi connectivity index (χ2n) is 5.96. The predicted molar refractivity (Wildman–Crippen MR) is 89.6 cm³/mol. The second kappa shape index (κ2) is 15.8. The number of nitrogens with two attached hydrogens (primary N) is 1. The predicted octanol–water partition coefficient (Wildman–Crippen LogP) is 3.69. The molecule has 4 heteroatoms. The molecule has 0 saturated heterocycles. The van der Waals surface area contributed by atoms with E-state index in [0.717, 1.165) is 25.7 Å². The van der Waals surface area contributed by atoms with E-state index in [0.29, 0.717) is 13.1 Å². The Kier molecular flexibility index (Phi) is 15.3. The fourth-order valence-corrected chi connectivity index (χ4v) is 2.53. The number of nitrogens with one attached hydrogen (secondary N) is 1. The molecule has 0 radical (unpaired) electrons. The monoisotopic (exact) mass is 300 g/mol. The number of carboxylic acids is 1. The van der Waals surface area contributed by atoms with Gasteiger partial charge in [0.05, 0.1) is 0 Å². The molecule has 0 heterocycles. The Hall–Kier alpha value is -0.610. The summed E-state index contributed by atoms with van der Waals surface area (Å²) in [6, 6.07) is -0.398. The lowest BCUT2D eigenvalue weighted by Crippen LogP contribution is -2.37. The van der Waals surface area contributed by atoms with Crippen LogP contribution in [0.3, 0.4) is 0 Å². The van der Waals surface area contributed by atoms with Crippen LogP contribution in [0, 0.1) is 0 Å². The molecule has 0 amide bonds. The molecule has 0 aromatic carbocycles. The molecule has 126 valence electrons. The van der Waals surface area contributed by atoms with Gasteiger partial charge >= 0.3 is 5.97 Å². The third kappa shape index (κ3) is 14.1. The van der Waals surface area contributed by atoms with E-state index in [1.54, 1.807) is 0 Å². The van der Waals surface area contributed by atoms with Crippen molar-refractivity contribution in [1.82, 2.24) is 5.32 Å². The lowest BCUT2D eigenvalue weighted by molar-refractivity contribution is -0.139. The summed E-state index contributed by atoms with van der Waals surface area (Å²) >= 11 is 0. The molecule has 4 nitrogen and oxygen atoms in total. The largest absolute Gasteiger partial charge is 0.480 e. The Morgan fingerprint density at radius 1 is 0.952 bits per heavy atom. The molecular formula is C17H36N2O2. The quantitative estimate of drug-likeness (QED) is 0.380. The zero-order valence-electron chi connectivity index (χ0n) is 13.9. The van der Waals surface area contributed by atoms with Gasteiger partial charge in [0.2, 0.25) is 0 Å². The summed E-state index contributed by atoms with van der Waals surface area (Å²) in [5.41, 5.74) is 5.41. The molecule has 0 fully saturated rings. The maximum Gasteiger partial charge on any atom is 0.320 e. The molecule has 0 aliphatic rings. The van der Waals surface area contributed by atoms with E-state index >= 15 is 0 Å². The Labute approximate surface area is 130 Å². The highest BCUT2D eigenvalue weighted by atomic mass is 16.4. The normalized spacial score (nSPS) is 12.5. The molecule has 4 N–H and O–H groups in total. The van der Waals surface area contributed by atoms with E-state index in [9.17, 15) is 4.79 Å². The van der Waals surface area contributed by atoms with Crippen LogP contribution in [-0.2, 0) is 4.79 Å². The standard InChI is InChI=1S/C17H36N2O2/c1-2-3-4-5-6-7-8-9-10-11-13-16(17(20)21)19-15-12-14-18/h16,19H,2-15,18H2,1H3,(H,20,21). The van der Waals surface area contributed by atoms with Gasteiger partial charge in [-0.3, -0.25) is 4.79 Å². The first-order valence-corrected chi connectivity index (χ1v) is 8.88. The van der Waals surface area contributed by atoms with Crippen LogP contribution in [0.2, 0.25) is 0 Å². The van der Waals surface area contributed by atoms with E-state index in [2.05, 4.69) is 12.2 Å². The number of rotatable bonds is 16. The van der Waals surface area contributed by atoms with Crippen molar-refractivity contribution in [1.29, 1.82) is 0 Å². The number of hydrogen-bond acceptors (Lipinski definition) is 3. The van der Waals surface area contributed by atoms with Gasteiger partial charge in [0.25, 0.3) is 0 Å².